The summed E-state index contributed by atoms with van der Waals surface area (Å²) in [7, 11) is 2.53. The standard InChI is InChI=1S/C42H51N9O7/c1-24(2)35(47-41(55)57-6)39(53)50-18-8-9-33(50)38-44-30-17-14-28(21-31(30)45-38)11-10-27-12-15-29(16-13-27)32-22-43-37(46-32)34-23-49(26(5)52)19-20-51(34)40(54)36(25(3)4)48-42(56)58-7/h12-17,21-22,24-25,33-36H,8-9,18-20,23H2,1-7H3,(H,43,46)(H,44,45)(H,47,55)(H,48,56)/t33-,34-,35-,36-/m0/s1. The number of carbonyl (C=O) groups is 5. The van der Waals surface area contributed by atoms with Crippen LogP contribution in [0.2, 0.25) is 0 Å². The highest BCUT2D eigenvalue weighted by Gasteiger charge is 2.40. The molecule has 4 N–H and O–H groups in total. The number of H-pyrrole nitrogens is 2. The minimum atomic E-state index is -0.817. The first-order chi connectivity index (χ1) is 27.8. The summed E-state index contributed by atoms with van der Waals surface area (Å²) >= 11 is 0. The van der Waals surface area contributed by atoms with Crippen molar-refractivity contribution in [2.24, 2.45) is 11.8 Å². The lowest BCUT2D eigenvalue weighted by Gasteiger charge is -2.42. The number of rotatable bonds is 9. The maximum absolute atomic E-state index is 13.8. The topological polar surface area (TPSA) is 195 Å². The quantitative estimate of drug-likeness (QED) is 0.177. The van der Waals surface area contributed by atoms with Gasteiger partial charge < -0.3 is 44.8 Å². The first kappa shape index (κ1) is 41.3. The number of nitrogens with zero attached hydrogens (tertiary/aromatic N) is 5. The number of imidazole rings is 2. The van der Waals surface area contributed by atoms with E-state index in [1.807, 2.05) is 70.2 Å². The molecule has 4 atom stereocenters. The average molecular weight is 794 g/mol. The molecule has 58 heavy (non-hydrogen) atoms. The summed E-state index contributed by atoms with van der Waals surface area (Å²) in [6, 6.07) is 11.1. The Bertz CT molecular complexity index is 2220. The Morgan fingerprint density at radius 2 is 1.38 bits per heavy atom. The van der Waals surface area contributed by atoms with E-state index in [-0.39, 0.29) is 48.7 Å². The van der Waals surface area contributed by atoms with Crippen molar-refractivity contribution in [3.05, 3.63) is 71.4 Å². The molecule has 306 valence electrons. The molecule has 6 rings (SSSR count). The highest BCUT2D eigenvalue weighted by molar-refractivity contribution is 5.87. The Labute approximate surface area is 337 Å². The molecule has 5 amide bonds. The Morgan fingerprint density at radius 3 is 1.98 bits per heavy atom. The summed E-state index contributed by atoms with van der Waals surface area (Å²) in [6.07, 6.45) is 1.95. The molecule has 2 aromatic carbocycles. The third-order valence-electron chi connectivity index (χ3n) is 10.7. The number of fused-ring (bicyclic) bond motifs is 1. The van der Waals surface area contributed by atoms with Crippen LogP contribution in [0.4, 0.5) is 9.59 Å². The number of alkyl carbamates (subject to hydrolysis) is 2. The van der Waals surface area contributed by atoms with E-state index in [1.165, 1.54) is 21.1 Å². The lowest BCUT2D eigenvalue weighted by molar-refractivity contribution is -0.144. The second kappa shape index (κ2) is 17.8. The van der Waals surface area contributed by atoms with Crippen LogP contribution >= 0.6 is 0 Å². The first-order valence-corrected chi connectivity index (χ1v) is 19.5. The highest BCUT2D eigenvalue weighted by Crippen LogP contribution is 2.33. The van der Waals surface area contributed by atoms with Gasteiger partial charge >= 0.3 is 12.2 Å². The molecule has 0 bridgehead atoms. The van der Waals surface area contributed by atoms with Crippen LogP contribution in [-0.4, -0.2) is 117 Å². The van der Waals surface area contributed by atoms with Crippen LogP contribution in [-0.2, 0) is 23.9 Å². The highest BCUT2D eigenvalue weighted by atomic mass is 16.5. The van der Waals surface area contributed by atoms with Crippen molar-refractivity contribution in [2.45, 2.75) is 71.6 Å². The van der Waals surface area contributed by atoms with Gasteiger partial charge in [-0.05, 0) is 60.6 Å². The summed E-state index contributed by atoms with van der Waals surface area (Å²) < 4.78 is 9.52. The summed E-state index contributed by atoms with van der Waals surface area (Å²) in [4.78, 5) is 85.2. The Morgan fingerprint density at radius 1 is 0.776 bits per heavy atom. The summed E-state index contributed by atoms with van der Waals surface area (Å²) in [5.74, 6) is 6.82. The number of piperazine rings is 1. The minimum Gasteiger partial charge on any atom is -0.453 e. The number of aromatic amines is 2. The van der Waals surface area contributed by atoms with E-state index < -0.39 is 30.3 Å². The van der Waals surface area contributed by atoms with Crippen LogP contribution in [0.15, 0.2) is 48.7 Å². The molecule has 0 saturated carbocycles. The first-order valence-electron chi connectivity index (χ1n) is 19.5. The van der Waals surface area contributed by atoms with Gasteiger partial charge in [-0.1, -0.05) is 51.7 Å². The van der Waals surface area contributed by atoms with Crippen molar-refractivity contribution >= 4 is 40.9 Å². The molecule has 0 aliphatic carbocycles. The minimum absolute atomic E-state index is 0.0979. The number of ether oxygens (including phenoxy) is 2. The van der Waals surface area contributed by atoms with Gasteiger partial charge in [0.05, 0.1) is 43.2 Å². The molecule has 0 unspecified atom stereocenters. The van der Waals surface area contributed by atoms with Crippen molar-refractivity contribution in [3.8, 4) is 23.1 Å². The second-order valence-electron chi connectivity index (χ2n) is 15.3. The normalized spacial score (nSPS) is 17.8. The van der Waals surface area contributed by atoms with Crippen LogP contribution in [0.3, 0.4) is 0 Å². The average Bonchev–Trinajstić information content (AvgIpc) is 4.00. The molecule has 0 spiro atoms. The predicted octanol–water partition coefficient (Wildman–Crippen LogP) is 4.51. The van der Waals surface area contributed by atoms with Crippen molar-refractivity contribution in [1.82, 2.24) is 45.3 Å². The Kier molecular flexibility index (Phi) is 12.7. The molecule has 2 fully saturated rings. The molecular formula is C42H51N9O7. The number of aromatic nitrogens is 4. The zero-order chi connectivity index (χ0) is 41.7. The number of likely N-dealkylation sites (tertiary alicyclic amines) is 1. The maximum atomic E-state index is 13.8. The van der Waals surface area contributed by atoms with Gasteiger partial charge in [0.25, 0.3) is 0 Å². The van der Waals surface area contributed by atoms with Crippen LogP contribution < -0.4 is 10.6 Å². The van der Waals surface area contributed by atoms with E-state index in [4.69, 9.17) is 14.5 Å². The zero-order valence-corrected chi connectivity index (χ0v) is 33.9. The van der Waals surface area contributed by atoms with Gasteiger partial charge in [0.2, 0.25) is 17.7 Å². The molecule has 4 heterocycles. The lowest BCUT2D eigenvalue weighted by atomic mass is 10.0. The SMILES string of the molecule is COC(=O)N[C@H](C(=O)N1CCN(C(C)=O)C[C@H]1c1ncc(-c2ccc(C#Cc3ccc4nc([C@@H]5CCCN5C(=O)[C@@H](NC(=O)OC)C(C)C)[nH]c4c3)cc2)[nH]1)C(C)C. The monoisotopic (exact) mass is 793 g/mol. The second-order valence-corrected chi connectivity index (χ2v) is 15.3. The van der Waals surface area contributed by atoms with Crippen molar-refractivity contribution in [2.75, 3.05) is 40.4 Å². The molecule has 4 aromatic rings. The molecule has 2 aliphatic rings. The molecule has 16 heteroatoms. The van der Waals surface area contributed by atoms with Crippen LogP contribution in [0.1, 0.15) is 82.3 Å². The number of methoxy groups -OCH3 is 2. The summed E-state index contributed by atoms with van der Waals surface area (Å²) in [6.45, 7) is 10.4. The summed E-state index contributed by atoms with van der Waals surface area (Å²) in [5.41, 5.74) is 4.76. The van der Waals surface area contributed by atoms with E-state index in [0.29, 0.717) is 24.7 Å². The number of amides is 5. The van der Waals surface area contributed by atoms with Crippen molar-refractivity contribution in [1.29, 1.82) is 0 Å². The van der Waals surface area contributed by atoms with Gasteiger partial charge in [-0.25, -0.2) is 19.6 Å². The van der Waals surface area contributed by atoms with Gasteiger partial charge in [0.1, 0.15) is 29.8 Å². The van der Waals surface area contributed by atoms with Crippen LogP contribution in [0, 0.1) is 23.7 Å². The fraction of sp³-hybridized carbons (Fsp3) is 0.452. The zero-order valence-electron chi connectivity index (χ0n) is 33.9. The van der Waals surface area contributed by atoms with Gasteiger partial charge in [-0.3, -0.25) is 14.4 Å². The molecule has 2 aliphatic heterocycles. The van der Waals surface area contributed by atoms with E-state index in [2.05, 4.69) is 37.4 Å². The smallest absolute Gasteiger partial charge is 0.407 e. The molecule has 16 nitrogen and oxygen atoms in total. The lowest BCUT2D eigenvalue weighted by Crippen LogP contribution is -2.58. The van der Waals surface area contributed by atoms with Gasteiger partial charge in [0.15, 0.2) is 0 Å². The molecule has 2 aromatic heterocycles. The van der Waals surface area contributed by atoms with Gasteiger partial charge in [0, 0.05) is 44.2 Å². The summed E-state index contributed by atoms with van der Waals surface area (Å²) in [5, 5.41) is 5.34. The number of nitrogens with one attached hydrogen (secondary N) is 4. The third kappa shape index (κ3) is 9.09. The van der Waals surface area contributed by atoms with E-state index in [9.17, 15) is 24.0 Å². The fourth-order valence-corrected chi connectivity index (χ4v) is 7.43. The van der Waals surface area contributed by atoms with Crippen LogP contribution in [0.25, 0.3) is 22.3 Å². The van der Waals surface area contributed by atoms with E-state index in [0.717, 1.165) is 46.3 Å². The number of benzene rings is 2. The Hall–Kier alpha value is -6.37. The van der Waals surface area contributed by atoms with Gasteiger partial charge in [-0.2, -0.15) is 0 Å². The number of hydrogen-bond acceptors (Lipinski definition) is 9. The van der Waals surface area contributed by atoms with E-state index >= 15 is 0 Å². The number of hydrogen-bond donors (Lipinski definition) is 4. The van der Waals surface area contributed by atoms with Gasteiger partial charge in [-0.15, -0.1) is 0 Å². The largest absolute Gasteiger partial charge is 0.453 e. The Balaban J connectivity index is 1.16. The van der Waals surface area contributed by atoms with Crippen LogP contribution in [0.5, 0.6) is 0 Å². The molecule has 0 radical (unpaired) electrons. The number of carbonyl (C=O) groups excluding carboxylic acids is 5. The molecule has 2 saturated heterocycles. The van der Waals surface area contributed by atoms with E-state index in [1.54, 1.807) is 20.9 Å². The maximum Gasteiger partial charge on any atom is 0.407 e. The predicted molar refractivity (Wildman–Crippen MR) is 215 cm³/mol. The fourth-order valence-electron chi connectivity index (χ4n) is 7.43. The third-order valence-corrected chi connectivity index (χ3v) is 10.7. The van der Waals surface area contributed by atoms with Crippen molar-refractivity contribution in [3.63, 3.8) is 0 Å². The van der Waals surface area contributed by atoms with Crippen molar-refractivity contribution < 1.29 is 33.4 Å². The molecular weight excluding hydrogens is 743 g/mol.